The average Bonchev–Trinajstić information content (AvgIpc) is 3.01. The van der Waals surface area contributed by atoms with Gasteiger partial charge in [-0.3, -0.25) is 0 Å². The normalized spacial score (nSPS) is 11.2. The number of halogens is 1. The summed E-state index contributed by atoms with van der Waals surface area (Å²) >= 11 is 3.77. The van der Waals surface area contributed by atoms with Crippen molar-refractivity contribution in [1.82, 2.24) is 15.0 Å². The Bertz CT molecular complexity index is 1960. The van der Waals surface area contributed by atoms with Crippen LogP contribution >= 0.6 is 15.9 Å². The molecular weight excluding hydrogens is 542 g/mol. The second kappa shape index (κ2) is 9.90. The van der Waals surface area contributed by atoms with Crippen LogP contribution in [0, 0.1) is 0 Å². The molecule has 0 atom stereocenters. The highest BCUT2D eigenvalue weighted by Crippen LogP contribution is 2.36. The van der Waals surface area contributed by atoms with Crippen LogP contribution in [0.1, 0.15) is 0 Å². The zero-order valence-corrected chi connectivity index (χ0v) is 22.5. The van der Waals surface area contributed by atoms with Crippen LogP contribution in [-0.4, -0.2) is 15.0 Å². The van der Waals surface area contributed by atoms with Gasteiger partial charge in [0, 0.05) is 21.2 Å². The summed E-state index contributed by atoms with van der Waals surface area (Å²) < 4.78 is 0.948. The first-order chi connectivity index (χ1) is 19.2. The van der Waals surface area contributed by atoms with Gasteiger partial charge in [0.1, 0.15) is 0 Å². The second-order valence-corrected chi connectivity index (χ2v) is 10.3. The summed E-state index contributed by atoms with van der Waals surface area (Å²) in [7, 11) is 0. The summed E-state index contributed by atoms with van der Waals surface area (Å²) in [6, 6.07) is 46.0. The number of fused-ring (bicyclic) bond motifs is 2. The van der Waals surface area contributed by atoms with Crippen LogP contribution in [0.3, 0.4) is 0 Å². The van der Waals surface area contributed by atoms with Crippen molar-refractivity contribution in [1.29, 1.82) is 0 Å². The Morgan fingerprint density at radius 2 is 0.923 bits per heavy atom. The molecule has 0 aliphatic carbocycles. The first-order valence-electron chi connectivity index (χ1n) is 12.8. The highest BCUT2D eigenvalue weighted by Gasteiger charge is 2.16. The highest BCUT2D eigenvalue weighted by atomic mass is 79.9. The number of rotatable bonds is 4. The third-order valence-electron chi connectivity index (χ3n) is 7.01. The van der Waals surface area contributed by atoms with Gasteiger partial charge in [-0.25, -0.2) is 15.0 Å². The maximum absolute atomic E-state index is 5.01. The molecule has 3 nitrogen and oxygen atoms in total. The van der Waals surface area contributed by atoms with Gasteiger partial charge in [0.05, 0.1) is 0 Å². The van der Waals surface area contributed by atoms with E-state index >= 15 is 0 Å². The molecule has 0 fully saturated rings. The van der Waals surface area contributed by atoms with E-state index in [0.717, 1.165) is 37.5 Å². The second-order valence-electron chi connectivity index (χ2n) is 9.42. The van der Waals surface area contributed by atoms with Gasteiger partial charge in [-0.05, 0) is 38.7 Å². The smallest absolute Gasteiger partial charge is 0.165 e. The standard InChI is InChI=1S/C35H22BrN3/c36-31-22-21-24-10-5-7-15-30(24)32(31)35-38-33(26-11-2-1-3-12-26)37-34(39-35)27-19-17-25(18-20-27)29-16-8-13-23-9-4-6-14-28(23)29/h1-22H. The van der Waals surface area contributed by atoms with Crippen LogP contribution in [0.15, 0.2) is 138 Å². The summed E-state index contributed by atoms with van der Waals surface area (Å²) in [5.41, 5.74) is 5.22. The summed E-state index contributed by atoms with van der Waals surface area (Å²) in [5, 5.41) is 4.70. The Balaban J connectivity index is 1.39. The summed E-state index contributed by atoms with van der Waals surface area (Å²) in [4.78, 5) is 14.9. The lowest BCUT2D eigenvalue weighted by Gasteiger charge is -2.12. The van der Waals surface area contributed by atoms with Crippen molar-refractivity contribution in [3.8, 4) is 45.3 Å². The van der Waals surface area contributed by atoms with Crippen LogP contribution in [0.2, 0.25) is 0 Å². The summed E-state index contributed by atoms with van der Waals surface area (Å²) in [6.45, 7) is 0. The van der Waals surface area contributed by atoms with E-state index in [2.05, 4.69) is 107 Å². The third-order valence-corrected chi connectivity index (χ3v) is 7.67. The van der Waals surface area contributed by atoms with E-state index in [0.29, 0.717) is 17.5 Å². The summed E-state index contributed by atoms with van der Waals surface area (Å²) in [5.74, 6) is 1.93. The van der Waals surface area contributed by atoms with E-state index in [4.69, 9.17) is 15.0 Å². The molecular formula is C35H22BrN3. The van der Waals surface area contributed by atoms with Crippen molar-refractivity contribution in [2.24, 2.45) is 0 Å². The molecule has 184 valence electrons. The van der Waals surface area contributed by atoms with Crippen molar-refractivity contribution >= 4 is 37.5 Å². The number of hydrogen-bond donors (Lipinski definition) is 0. The molecule has 1 heterocycles. The lowest BCUT2D eigenvalue weighted by Crippen LogP contribution is -2.01. The molecule has 4 heteroatoms. The van der Waals surface area contributed by atoms with Gasteiger partial charge in [-0.1, -0.05) is 143 Å². The molecule has 0 saturated carbocycles. The molecule has 6 aromatic carbocycles. The SMILES string of the molecule is Brc1ccc2ccccc2c1-c1nc(-c2ccccc2)nc(-c2ccc(-c3cccc4ccccc34)cc2)n1. The van der Waals surface area contributed by atoms with Gasteiger partial charge in [-0.2, -0.15) is 0 Å². The lowest BCUT2D eigenvalue weighted by atomic mass is 9.97. The molecule has 39 heavy (non-hydrogen) atoms. The Morgan fingerprint density at radius 1 is 0.385 bits per heavy atom. The van der Waals surface area contributed by atoms with Crippen molar-refractivity contribution in [3.63, 3.8) is 0 Å². The Morgan fingerprint density at radius 3 is 1.67 bits per heavy atom. The number of nitrogens with zero attached hydrogens (tertiary/aromatic N) is 3. The Hall–Kier alpha value is -4.67. The van der Waals surface area contributed by atoms with Crippen LogP contribution in [0.4, 0.5) is 0 Å². The predicted molar refractivity (Wildman–Crippen MR) is 164 cm³/mol. The van der Waals surface area contributed by atoms with Crippen molar-refractivity contribution in [2.75, 3.05) is 0 Å². The molecule has 0 radical (unpaired) electrons. The summed E-state index contributed by atoms with van der Waals surface area (Å²) in [6.07, 6.45) is 0. The van der Waals surface area contributed by atoms with E-state index in [1.165, 1.54) is 16.3 Å². The van der Waals surface area contributed by atoms with Crippen LogP contribution in [0.25, 0.3) is 66.8 Å². The Labute approximate surface area is 235 Å². The Kier molecular flexibility index (Phi) is 5.95. The van der Waals surface area contributed by atoms with Crippen molar-refractivity contribution < 1.29 is 0 Å². The molecule has 0 saturated heterocycles. The molecule has 0 unspecified atom stereocenters. The fraction of sp³-hybridized carbons (Fsp3) is 0. The van der Waals surface area contributed by atoms with E-state index in [9.17, 15) is 0 Å². The van der Waals surface area contributed by atoms with Crippen molar-refractivity contribution in [3.05, 3.63) is 138 Å². The molecule has 0 bridgehead atoms. The van der Waals surface area contributed by atoms with Gasteiger partial charge in [-0.15, -0.1) is 0 Å². The minimum absolute atomic E-state index is 0.639. The van der Waals surface area contributed by atoms with Gasteiger partial charge in [0.15, 0.2) is 17.5 Å². The highest BCUT2D eigenvalue weighted by molar-refractivity contribution is 9.10. The zero-order valence-electron chi connectivity index (χ0n) is 20.9. The maximum Gasteiger partial charge on any atom is 0.165 e. The molecule has 0 aliphatic heterocycles. The number of benzene rings is 6. The molecule has 0 N–H and O–H groups in total. The van der Waals surface area contributed by atoms with Gasteiger partial charge in [0.25, 0.3) is 0 Å². The molecule has 0 amide bonds. The first-order valence-corrected chi connectivity index (χ1v) is 13.6. The predicted octanol–water partition coefficient (Wildman–Crippen LogP) is 9.61. The van der Waals surface area contributed by atoms with Gasteiger partial charge < -0.3 is 0 Å². The fourth-order valence-electron chi connectivity index (χ4n) is 5.08. The largest absolute Gasteiger partial charge is 0.208 e. The van der Waals surface area contributed by atoms with E-state index in [1.54, 1.807) is 0 Å². The third kappa shape index (κ3) is 4.39. The maximum atomic E-state index is 5.01. The quantitative estimate of drug-likeness (QED) is 0.214. The molecule has 1 aromatic heterocycles. The van der Waals surface area contributed by atoms with E-state index in [1.807, 2.05) is 42.5 Å². The minimum Gasteiger partial charge on any atom is -0.208 e. The van der Waals surface area contributed by atoms with Crippen LogP contribution < -0.4 is 0 Å². The monoisotopic (exact) mass is 563 g/mol. The number of aromatic nitrogens is 3. The number of hydrogen-bond acceptors (Lipinski definition) is 3. The van der Waals surface area contributed by atoms with Crippen LogP contribution in [-0.2, 0) is 0 Å². The van der Waals surface area contributed by atoms with Crippen LogP contribution in [0.5, 0.6) is 0 Å². The molecule has 0 aliphatic rings. The van der Waals surface area contributed by atoms with Gasteiger partial charge >= 0.3 is 0 Å². The first kappa shape index (κ1) is 23.4. The van der Waals surface area contributed by atoms with E-state index < -0.39 is 0 Å². The van der Waals surface area contributed by atoms with Gasteiger partial charge in [0.2, 0.25) is 0 Å². The molecule has 0 spiro atoms. The lowest BCUT2D eigenvalue weighted by molar-refractivity contribution is 1.07. The minimum atomic E-state index is 0.639. The zero-order chi connectivity index (χ0) is 26.2. The molecule has 7 rings (SSSR count). The van der Waals surface area contributed by atoms with Crippen molar-refractivity contribution in [2.45, 2.75) is 0 Å². The molecule has 7 aromatic rings. The topological polar surface area (TPSA) is 38.7 Å². The average molecular weight is 564 g/mol. The fourth-order valence-corrected chi connectivity index (χ4v) is 5.60. The van der Waals surface area contributed by atoms with E-state index in [-0.39, 0.29) is 0 Å².